The Hall–Kier alpha value is -0.680. The Morgan fingerprint density at radius 3 is 2.39 bits per heavy atom. The second-order valence-electron chi connectivity index (χ2n) is 5.50. The smallest absolute Gasteiger partial charge is 0.235 e. The summed E-state index contributed by atoms with van der Waals surface area (Å²) in [7, 11) is 0. The van der Waals surface area contributed by atoms with E-state index < -0.39 is 5.41 Å². The van der Waals surface area contributed by atoms with Gasteiger partial charge in [0.25, 0.3) is 0 Å². The van der Waals surface area contributed by atoms with E-state index in [9.17, 15) is 4.79 Å². The lowest BCUT2D eigenvalue weighted by Crippen LogP contribution is -2.52. The molecule has 5 heteroatoms. The SMILES string of the molecule is CC(C)(C(=O)N(CCO)C1CCCCC1)C(N)=S. The first-order chi connectivity index (χ1) is 8.41. The highest BCUT2D eigenvalue weighted by molar-refractivity contribution is 7.80. The molecule has 0 aromatic rings. The zero-order valence-electron chi connectivity index (χ0n) is 11.3. The van der Waals surface area contributed by atoms with Crippen LogP contribution in [0, 0.1) is 5.41 Å². The van der Waals surface area contributed by atoms with Crippen molar-refractivity contribution in [3.8, 4) is 0 Å². The monoisotopic (exact) mass is 272 g/mol. The fourth-order valence-corrected chi connectivity index (χ4v) is 2.50. The number of aliphatic hydroxyl groups is 1. The highest BCUT2D eigenvalue weighted by atomic mass is 32.1. The number of hydrogen-bond acceptors (Lipinski definition) is 3. The number of carbonyl (C=O) groups is 1. The number of rotatable bonds is 5. The van der Waals surface area contributed by atoms with Crippen molar-refractivity contribution in [1.29, 1.82) is 0 Å². The van der Waals surface area contributed by atoms with E-state index in [1.165, 1.54) is 6.42 Å². The number of thiocarbonyl (C=S) groups is 1. The third kappa shape index (κ3) is 3.42. The van der Waals surface area contributed by atoms with Gasteiger partial charge in [-0.05, 0) is 26.7 Å². The van der Waals surface area contributed by atoms with Gasteiger partial charge in [0, 0.05) is 12.6 Å². The largest absolute Gasteiger partial charge is 0.395 e. The van der Waals surface area contributed by atoms with Crippen LogP contribution in [0.4, 0.5) is 0 Å². The van der Waals surface area contributed by atoms with Crippen LogP contribution >= 0.6 is 12.2 Å². The van der Waals surface area contributed by atoms with Crippen molar-refractivity contribution in [2.75, 3.05) is 13.2 Å². The van der Waals surface area contributed by atoms with E-state index in [1.807, 2.05) is 0 Å². The molecule has 4 nitrogen and oxygen atoms in total. The van der Waals surface area contributed by atoms with Gasteiger partial charge in [-0.2, -0.15) is 0 Å². The number of amides is 1. The molecule has 104 valence electrons. The van der Waals surface area contributed by atoms with E-state index in [0.29, 0.717) is 6.54 Å². The molecule has 0 spiro atoms. The first-order valence-electron chi connectivity index (χ1n) is 6.63. The summed E-state index contributed by atoms with van der Waals surface area (Å²) in [6.07, 6.45) is 5.55. The second kappa shape index (κ2) is 6.48. The van der Waals surface area contributed by atoms with Crippen LogP contribution < -0.4 is 5.73 Å². The number of nitrogens with two attached hydrogens (primary N) is 1. The summed E-state index contributed by atoms with van der Waals surface area (Å²) in [5, 5.41) is 9.16. The Balaban J connectivity index is 2.83. The second-order valence-corrected chi connectivity index (χ2v) is 5.94. The van der Waals surface area contributed by atoms with Gasteiger partial charge in [-0.1, -0.05) is 31.5 Å². The van der Waals surface area contributed by atoms with Gasteiger partial charge in [0.05, 0.1) is 17.0 Å². The van der Waals surface area contributed by atoms with Gasteiger partial charge in [0.15, 0.2) is 0 Å². The zero-order chi connectivity index (χ0) is 13.8. The lowest BCUT2D eigenvalue weighted by Gasteiger charge is -2.38. The Labute approximate surface area is 115 Å². The first kappa shape index (κ1) is 15.4. The van der Waals surface area contributed by atoms with E-state index >= 15 is 0 Å². The maximum absolute atomic E-state index is 12.5. The normalized spacial score (nSPS) is 17.5. The molecule has 0 bridgehead atoms. The molecule has 1 saturated carbocycles. The fourth-order valence-electron chi connectivity index (χ4n) is 2.41. The van der Waals surface area contributed by atoms with Crippen molar-refractivity contribution < 1.29 is 9.90 Å². The van der Waals surface area contributed by atoms with E-state index in [1.54, 1.807) is 18.7 Å². The van der Waals surface area contributed by atoms with Crippen LogP contribution in [0.3, 0.4) is 0 Å². The quantitative estimate of drug-likeness (QED) is 0.744. The maximum Gasteiger partial charge on any atom is 0.235 e. The fraction of sp³-hybridized carbons (Fsp3) is 0.846. The first-order valence-corrected chi connectivity index (χ1v) is 7.04. The van der Waals surface area contributed by atoms with Crippen molar-refractivity contribution in [3.05, 3.63) is 0 Å². The Morgan fingerprint density at radius 1 is 1.39 bits per heavy atom. The van der Waals surface area contributed by atoms with Gasteiger partial charge >= 0.3 is 0 Å². The van der Waals surface area contributed by atoms with Gasteiger partial charge < -0.3 is 15.7 Å². The molecule has 0 unspecified atom stereocenters. The minimum Gasteiger partial charge on any atom is -0.395 e. The molecular weight excluding hydrogens is 248 g/mol. The van der Waals surface area contributed by atoms with Crippen LogP contribution in [0.25, 0.3) is 0 Å². The van der Waals surface area contributed by atoms with Crippen molar-refractivity contribution in [2.24, 2.45) is 11.1 Å². The molecule has 1 aliphatic rings. The van der Waals surface area contributed by atoms with Crippen LogP contribution in [0.1, 0.15) is 46.0 Å². The summed E-state index contributed by atoms with van der Waals surface area (Å²) < 4.78 is 0. The summed E-state index contributed by atoms with van der Waals surface area (Å²) in [5.74, 6) is -0.0593. The number of carbonyl (C=O) groups excluding carboxylic acids is 1. The predicted octanol–water partition coefficient (Wildman–Crippen LogP) is 1.45. The molecule has 0 radical (unpaired) electrons. The molecule has 1 fully saturated rings. The van der Waals surface area contributed by atoms with Gasteiger partial charge in [0.2, 0.25) is 5.91 Å². The number of hydrogen-bond donors (Lipinski definition) is 2. The highest BCUT2D eigenvalue weighted by Crippen LogP contribution is 2.27. The van der Waals surface area contributed by atoms with Crippen molar-refractivity contribution in [1.82, 2.24) is 4.90 Å². The third-order valence-corrected chi connectivity index (χ3v) is 4.28. The van der Waals surface area contributed by atoms with Crippen LogP contribution in [-0.4, -0.2) is 40.1 Å². The van der Waals surface area contributed by atoms with Crippen molar-refractivity contribution >= 4 is 23.1 Å². The van der Waals surface area contributed by atoms with Gasteiger partial charge in [-0.3, -0.25) is 4.79 Å². The highest BCUT2D eigenvalue weighted by Gasteiger charge is 2.37. The van der Waals surface area contributed by atoms with Gasteiger partial charge in [-0.25, -0.2) is 0 Å². The standard InChI is InChI=1S/C13H24N2O2S/c1-13(2,11(14)18)12(17)15(8-9-16)10-6-4-3-5-7-10/h10,16H,3-9H2,1-2H3,(H2,14,18). The lowest BCUT2D eigenvalue weighted by atomic mass is 9.88. The Kier molecular flexibility index (Phi) is 5.53. The molecule has 0 heterocycles. The predicted molar refractivity (Wildman–Crippen MR) is 76.2 cm³/mol. The number of aliphatic hydroxyl groups excluding tert-OH is 1. The maximum atomic E-state index is 12.5. The van der Waals surface area contributed by atoms with Gasteiger partial charge in [0.1, 0.15) is 0 Å². The van der Waals surface area contributed by atoms with Crippen molar-refractivity contribution in [3.63, 3.8) is 0 Å². The molecule has 1 aliphatic carbocycles. The average molecular weight is 272 g/mol. The molecule has 0 saturated heterocycles. The minimum atomic E-state index is -0.831. The third-order valence-electron chi connectivity index (χ3n) is 3.77. The summed E-state index contributed by atoms with van der Waals surface area (Å²) in [4.78, 5) is 14.5. The lowest BCUT2D eigenvalue weighted by molar-refractivity contribution is -0.140. The average Bonchev–Trinajstić information content (AvgIpc) is 2.36. The van der Waals surface area contributed by atoms with E-state index in [2.05, 4.69) is 0 Å². The summed E-state index contributed by atoms with van der Waals surface area (Å²) >= 11 is 4.98. The van der Waals surface area contributed by atoms with Gasteiger partial charge in [-0.15, -0.1) is 0 Å². The molecule has 0 aromatic heterocycles. The molecule has 3 N–H and O–H groups in total. The Bertz CT molecular complexity index is 312. The molecule has 1 amide bonds. The van der Waals surface area contributed by atoms with E-state index in [4.69, 9.17) is 23.1 Å². The van der Waals surface area contributed by atoms with E-state index in [-0.39, 0.29) is 23.5 Å². The molecule has 0 aliphatic heterocycles. The minimum absolute atomic E-state index is 0.0182. The molecule has 1 rings (SSSR count). The summed E-state index contributed by atoms with van der Waals surface area (Å²) in [5.41, 5.74) is 4.82. The van der Waals surface area contributed by atoms with Crippen LogP contribution in [0.5, 0.6) is 0 Å². The topological polar surface area (TPSA) is 66.6 Å². The van der Waals surface area contributed by atoms with Crippen LogP contribution in [0.2, 0.25) is 0 Å². The number of nitrogens with zero attached hydrogens (tertiary/aromatic N) is 1. The van der Waals surface area contributed by atoms with E-state index in [0.717, 1.165) is 25.7 Å². The zero-order valence-corrected chi connectivity index (χ0v) is 12.1. The molecular formula is C13H24N2O2S. The summed E-state index contributed by atoms with van der Waals surface area (Å²) in [6, 6.07) is 0.229. The van der Waals surface area contributed by atoms with Crippen LogP contribution in [-0.2, 0) is 4.79 Å². The van der Waals surface area contributed by atoms with Crippen LogP contribution in [0.15, 0.2) is 0 Å². The van der Waals surface area contributed by atoms with Crippen molar-refractivity contribution in [2.45, 2.75) is 52.0 Å². The molecule has 0 aromatic carbocycles. The molecule has 18 heavy (non-hydrogen) atoms. The summed E-state index contributed by atoms with van der Waals surface area (Å²) in [6.45, 7) is 3.86. The molecule has 0 atom stereocenters. The Morgan fingerprint density at radius 2 is 1.94 bits per heavy atom.